The Morgan fingerprint density at radius 1 is 1.33 bits per heavy atom. The normalized spacial score (nSPS) is 23.1. The van der Waals surface area contributed by atoms with Gasteiger partial charge in [-0.2, -0.15) is 0 Å². The molecule has 0 spiro atoms. The highest BCUT2D eigenvalue weighted by Crippen LogP contribution is 2.25. The lowest BCUT2D eigenvalue weighted by molar-refractivity contribution is -0.200. The van der Waals surface area contributed by atoms with Crippen LogP contribution in [-0.4, -0.2) is 30.7 Å². The van der Waals surface area contributed by atoms with Crippen LogP contribution in [0, 0.1) is 5.92 Å². The molecule has 4 nitrogen and oxygen atoms in total. The van der Waals surface area contributed by atoms with Gasteiger partial charge in [-0.05, 0) is 30.9 Å². The number of hydrogen-bond acceptors (Lipinski definition) is 3. The molecule has 0 radical (unpaired) electrons. The van der Waals surface area contributed by atoms with Crippen molar-refractivity contribution in [2.45, 2.75) is 19.3 Å². The summed E-state index contributed by atoms with van der Waals surface area (Å²) in [5.41, 5.74) is 2.38. The predicted octanol–water partition coefficient (Wildman–Crippen LogP) is 1.82. The number of para-hydroxylation sites is 1. The molecule has 1 aromatic rings. The molecule has 0 aromatic heterocycles. The Balaban J connectivity index is 1.69. The van der Waals surface area contributed by atoms with E-state index in [1.807, 2.05) is 12.1 Å². The molecular formula is C14H18N2O2. The van der Waals surface area contributed by atoms with Crippen LogP contribution in [0.5, 0.6) is 0 Å². The van der Waals surface area contributed by atoms with Crippen LogP contribution < -0.4 is 5.32 Å². The van der Waals surface area contributed by atoms with Crippen molar-refractivity contribution in [1.29, 1.82) is 0 Å². The number of carbonyl (C=O) groups is 1. The van der Waals surface area contributed by atoms with Crippen LogP contribution in [0.3, 0.4) is 0 Å². The second-order valence-corrected chi connectivity index (χ2v) is 4.92. The van der Waals surface area contributed by atoms with Gasteiger partial charge in [-0.15, -0.1) is 0 Å². The van der Waals surface area contributed by atoms with E-state index < -0.39 is 0 Å². The van der Waals surface area contributed by atoms with Crippen molar-refractivity contribution in [3.63, 3.8) is 0 Å². The maximum Gasteiger partial charge on any atom is 0.251 e. The molecule has 4 heteroatoms. The van der Waals surface area contributed by atoms with Gasteiger partial charge in [0.1, 0.15) is 0 Å². The van der Waals surface area contributed by atoms with Gasteiger partial charge in [0.05, 0.1) is 12.5 Å². The molecular weight excluding hydrogens is 228 g/mol. The summed E-state index contributed by atoms with van der Waals surface area (Å²) in [6.07, 6.45) is 2.90. The molecule has 96 valence electrons. The van der Waals surface area contributed by atoms with Crippen molar-refractivity contribution in [3.05, 3.63) is 29.8 Å². The third-order valence-corrected chi connectivity index (χ3v) is 3.62. The number of carbonyl (C=O) groups excluding carboxylic acids is 1. The fourth-order valence-corrected chi connectivity index (χ4v) is 2.59. The van der Waals surface area contributed by atoms with E-state index in [2.05, 4.69) is 17.4 Å². The van der Waals surface area contributed by atoms with Crippen molar-refractivity contribution >= 4 is 11.6 Å². The molecule has 1 aromatic carbocycles. The smallest absolute Gasteiger partial charge is 0.251 e. The fraction of sp³-hybridized carbons (Fsp3) is 0.500. The molecule has 1 amide bonds. The zero-order chi connectivity index (χ0) is 12.4. The van der Waals surface area contributed by atoms with Gasteiger partial charge in [0.15, 0.2) is 0 Å². The van der Waals surface area contributed by atoms with E-state index in [9.17, 15) is 4.79 Å². The third-order valence-electron chi connectivity index (χ3n) is 3.62. The Morgan fingerprint density at radius 3 is 3.06 bits per heavy atom. The van der Waals surface area contributed by atoms with E-state index >= 15 is 0 Å². The van der Waals surface area contributed by atoms with Gasteiger partial charge in [-0.3, -0.25) is 9.63 Å². The van der Waals surface area contributed by atoms with Crippen LogP contribution in [0.4, 0.5) is 5.69 Å². The molecule has 2 aliphatic heterocycles. The van der Waals surface area contributed by atoms with E-state index in [1.54, 1.807) is 5.06 Å². The summed E-state index contributed by atoms with van der Waals surface area (Å²) >= 11 is 0. The molecule has 18 heavy (non-hydrogen) atoms. The second kappa shape index (κ2) is 4.98. The van der Waals surface area contributed by atoms with Crippen LogP contribution >= 0.6 is 0 Å². The Kier molecular flexibility index (Phi) is 3.19. The first-order chi connectivity index (χ1) is 8.84. The van der Waals surface area contributed by atoms with Crippen LogP contribution in [0.1, 0.15) is 18.4 Å². The minimum atomic E-state index is -0.00185. The maximum absolute atomic E-state index is 12.3. The SMILES string of the molecule is O=C(C1CNc2ccccc2C1)N1CCCCO1. The number of rotatable bonds is 1. The highest BCUT2D eigenvalue weighted by atomic mass is 16.7. The standard InChI is InChI=1S/C14H18N2O2/c17-14(16-7-3-4-8-18-16)12-9-11-5-1-2-6-13(11)15-10-12/h1-2,5-6,12,15H,3-4,7-10H2. The van der Waals surface area contributed by atoms with E-state index in [1.165, 1.54) is 5.56 Å². The largest absolute Gasteiger partial charge is 0.384 e. The molecule has 2 heterocycles. The predicted molar refractivity (Wildman–Crippen MR) is 69.0 cm³/mol. The molecule has 1 saturated heterocycles. The third kappa shape index (κ3) is 2.20. The molecule has 1 N–H and O–H groups in total. The number of amides is 1. The molecule has 0 bridgehead atoms. The van der Waals surface area contributed by atoms with Crippen molar-refractivity contribution in [2.75, 3.05) is 25.0 Å². The quantitative estimate of drug-likeness (QED) is 0.822. The van der Waals surface area contributed by atoms with Gasteiger partial charge in [-0.25, -0.2) is 5.06 Å². The number of benzene rings is 1. The van der Waals surface area contributed by atoms with Crippen molar-refractivity contribution in [3.8, 4) is 0 Å². The van der Waals surface area contributed by atoms with Gasteiger partial charge in [0.2, 0.25) is 0 Å². The van der Waals surface area contributed by atoms with Crippen LogP contribution in [0.15, 0.2) is 24.3 Å². The Bertz CT molecular complexity index is 441. The number of fused-ring (bicyclic) bond motifs is 1. The molecule has 0 aliphatic carbocycles. The van der Waals surface area contributed by atoms with Crippen molar-refractivity contribution in [2.24, 2.45) is 5.92 Å². The lowest BCUT2D eigenvalue weighted by Crippen LogP contribution is -2.43. The zero-order valence-corrected chi connectivity index (χ0v) is 10.4. The monoisotopic (exact) mass is 246 g/mol. The van der Waals surface area contributed by atoms with Crippen molar-refractivity contribution < 1.29 is 9.63 Å². The first-order valence-electron chi connectivity index (χ1n) is 6.60. The van der Waals surface area contributed by atoms with Gasteiger partial charge in [-0.1, -0.05) is 18.2 Å². The lowest BCUT2D eigenvalue weighted by atomic mass is 9.93. The lowest BCUT2D eigenvalue weighted by Gasteiger charge is -2.32. The van der Waals surface area contributed by atoms with Crippen LogP contribution in [-0.2, 0) is 16.1 Å². The summed E-state index contributed by atoms with van der Waals surface area (Å²) in [5, 5.41) is 4.89. The average molecular weight is 246 g/mol. The summed E-state index contributed by atoms with van der Waals surface area (Å²) in [6, 6.07) is 8.18. The molecule has 2 aliphatic rings. The zero-order valence-electron chi connectivity index (χ0n) is 10.4. The summed E-state index contributed by atoms with van der Waals surface area (Å²) in [6.45, 7) is 2.11. The Hall–Kier alpha value is -1.55. The van der Waals surface area contributed by atoms with Gasteiger partial charge >= 0.3 is 0 Å². The second-order valence-electron chi connectivity index (χ2n) is 4.92. The minimum Gasteiger partial charge on any atom is -0.384 e. The van der Waals surface area contributed by atoms with Crippen molar-refractivity contribution in [1.82, 2.24) is 5.06 Å². The van der Waals surface area contributed by atoms with Gasteiger partial charge in [0.25, 0.3) is 5.91 Å². The summed E-state index contributed by atoms with van der Waals surface area (Å²) < 4.78 is 0. The highest BCUT2D eigenvalue weighted by molar-refractivity contribution is 5.80. The summed E-state index contributed by atoms with van der Waals surface area (Å²) in [4.78, 5) is 17.8. The number of nitrogens with zero attached hydrogens (tertiary/aromatic N) is 1. The number of hydroxylamine groups is 2. The summed E-state index contributed by atoms with van der Waals surface area (Å²) in [7, 11) is 0. The van der Waals surface area contributed by atoms with E-state index in [0.717, 1.165) is 31.5 Å². The van der Waals surface area contributed by atoms with E-state index in [4.69, 9.17) is 4.84 Å². The summed E-state index contributed by atoms with van der Waals surface area (Å²) in [5.74, 6) is 0.120. The van der Waals surface area contributed by atoms with Gasteiger partial charge in [0, 0.05) is 18.8 Å². The van der Waals surface area contributed by atoms with Gasteiger partial charge < -0.3 is 5.32 Å². The molecule has 1 atom stereocenters. The number of anilines is 1. The minimum absolute atomic E-state index is 0.00185. The average Bonchev–Trinajstić information content (AvgIpc) is 2.47. The molecule has 1 unspecified atom stereocenters. The number of hydrogen-bond donors (Lipinski definition) is 1. The van der Waals surface area contributed by atoms with Crippen LogP contribution in [0.25, 0.3) is 0 Å². The maximum atomic E-state index is 12.3. The van der Waals surface area contributed by atoms with E-state index in [0.29, 0.717) is 13.2 Å². The highest BCUT2D eigenvalue weighted by Gasteiger charge is 2.29. The number of nitrogens with one attached hydrogen (secondary N) is 1. The van der Waals surface area contributed by atoms with Crippen LogP contribution in [0.2, 0.25) is 0 Å². The molecule has 3 rings (SSSR count). The molecule has 1 fully saturated rings. The topological polar surface area (TPSA) is 41.6 Å². The first-order valence-corrected chi connectivity index (χ1v) is 6.60. The molecule has 0 saturated carbocycles. The van der Waals surface area contributed by atoms with E-state index in [-0.39, 0.29) is 11.8 Å². The fourth-order valence-electron chi connectivity index (χ4n) is 2.59. The Labute approximate surface area is 107 Å². The Morgan fingerprint density at radius 2 is 2.22 bits per heavy atom. The first kappa shape index (κ1) is 11.5.